The van der Waals surface area contributed by atoms with Crippen molar-refractivity contribution in [3.05, 3.63) is 65.4 Å². The summed E-state index contributed by atoms with van der Waals surface area (Å²) >= 11 is 0. The Morgan fingerprint density at radius 2 is 1.88 bits per heavy atom. The molecule has 1 saturated heterocycles. The molecule has 1 aromatic carbocycles. The summed E-state index contributed by atoms with van der Waals surface area (Å²) in [5, 5.41) is 5.49. The Kier molecular flexibility index (Phi) is 6.74. The molecule has 2 aromatic heterocycles. The van der Waals surface area contributed by atoms with Crippen LogP contribution in [0.4, 0.5) is 10.1 Å². The number of nitrogens with one attached hydrogen (secondary N) is 2. The van der Waals surface area contributed by atoms with Crippen LogP contribution in [0.5, 0.6) is 0 Å². The van der Waals surface area contributed by atoms with Crippen LogP contribution in [-0.2, 0) is 0 Å². The maximum absolute atomic E-state index is 14.4. The number of imidazole rings is 1. The van der Waals surface area contributed by atoms with Gasteiger partial charge in [-0.25, -0.2) is 9.37 Å². The summed E-state index contributed by atoms with van der Waals surface area (Å²) < 4.78 is 16.0. The zero-order valence-electron chi connectivity index (χ0n) is 19.3. The molecule has 4 rings (SSSR count). The van der Waals surface area contributed by atoms with Gasteiger partial charge in [-0.1, -0.05) is 6.42 Å². The number of likely N-dealkylation sites (tertiary alicyclic amines) is 1. The van der Waals surface area contributed by atoms with Crippen molar-refractivity contribution >= 4 is 23.1 Å². The van der Waals surface area contributed by atoms with Crippen LogP contribution in [0.2, 0.25) is 0 Å². The molecule has 1 fully saturated rings. The van der Waals surface area contributed by atoms with Crippen molar-refractivity contribution in [3.63, 3.8) is 0 Å². The molecule has 7 nitrogen and oxygen atoms in total. The van der Waals surface area contributed by atoms with Crippen molar-refractivity contribution in [1.29, 1.82) is 0 Å². The maximum Gasteiger partial charge on any atom is 0.274 e. The van der Waals surface area contributed by atoms with E-state index in [4.69, 9.17) is 0 Å². The molecule has 3 heterocycles. The van der Waals surface area contributed by atoms with Crippen LogP contribution in [0.1, 0.15) is 59.5 Å². The Bertz CT molecular complexity index is 1160. The fourth-order valence-corrected chi connectivity index (χ4v) is 4.52. The van der Waals surface area contributed by atoms with E-state index in [1.807, 2.05) is 19.1 Å². The first kappa shape index (κ1) is 22.9. The third-order valence-electron chi connectivity index (χ3n) is 6.41. The number of aryl methyl sites for hydroxylation is 1. The molecule has 8 heteroatoms. The van der Waals surface area contributed by atoms with E-state index in [1.165, 1.54) is 43.7 Å². The Balaban J connectivity index is 1.41. The Labute approximate surface area is 193 Å². The molecule has 2 N–H and O–H groups in total. The molecular formula is C25H30FN5O2. The molecule has 0 unspecified atom stereocenters. The highest BCUT2D eigenvalue weighted by Gasteiger charge is 2.24. The molecule has 3 aromatic rings. The predicted octanol–water partition coefficient (Wildman–Crippen LogP) is 4.03. The fraction of sp³-hybridized carbons (Fsp3) is 0.400. The summed E-state index contributed by atoms with van der Waals surface area (Å²) in [6.07, 6.45) is 6.78. The van der Waals surface area contributed by atoms with Gasteiger partial charge in [-0.15, -0.1) is 0 Å². The second-order valence-electron chi connectivity index (χ2n) is 8.85. The molecule has 1 aliphatic rings. The zero-order chi connectivity index (χ0) is 23.5. The SMILES string of the molecule is Cc1ccn2c(C(=O)Nc3cc(C(=O)NCCN4[C@H](C)CCC[C@@H]4C)ccc3F)cnc2c1. The zero-order valence-corrected chi connectivity index (χ0v) is 19.3. The lowest BCUT2D eigenvalue weighted by Gasteiger charge is -2.39. The second-order valence-corrected chi connectivity index (χ2v) is 8.85. The van der Waals surface area contributed by atoms with Crippen LogP contribution in [0.3, 0.4) is 0 Å². The topological polar surface area (TPSA) is 78.7 Å². The normalized spacial score (nSPS) is 18.9. The Hall–Kier alpha value is -3.26. The quantitative estimate of drug-likeness (QED) is 0.593. The smallest absolute Gasteiger partial charge is 0.274 e. The first-order chi connectivity index (χ1) is 15.8. The van der Waals surface area contributed by atoms with Gasteiger partial charge < -0.3 is 10.6 Å². The van der Waals surface area contributed by atoms with Crippen molar-refractivity contribution in [2.24, 2.45) is 0 Å². The third kappa shape index (κ3) is 5.06. The number of halogens is 1. The van der Waals surface area contributed by atoms with E-state index < -0.39 is 11.7 Å². The van der Waals surface area contributed by atoms with Gasteiger partial charge in [0.15, 0.2) is 0 Å². The van der Waals surface area contributed by atoms with Gasteiger partial charge in [0, 0.05) is 36.9 Å². The van der Waals surface area contributed by atoms with E-state index in [0.29, 0.717) is 29.8 Å². The van der Waals surface area contributed by atoms with Crippen molar-refractivity contribution in [2.45, 2.75) is 52.1 Å². The van der Waals surface area contributed by atoms with E-state index >= 15 is 0 Å². The molecule has 2 amide bonds. The number of benzene rings is 1. The minimum atomic E-state index is -0.611. The van der Waals surface area contributed by atoms with Crippen LogP contribution >= 0.6 is 0 Å². The van der Waals surface area contributed by atoms with Crippen LogP contribution < -0.4 is 10.6 Å². The summed E-state index contributed by atoms with van der Waals surface area (Å²) in [6, 6.07) is 8.70. The van der Waals surface area contributed by atoms with Gasteiger partial charge in [0.05, 0.1) is 11.9 Å². The monoisotopic (exact) mass is 451 g/mol. The maximum atomic E-state index is 14.4. The summed E-state index contributed by atoms with van der Waals surface area (Å²) in [5.41, 5.74) is 2.18. The molecule has 0 radical (unpaired) electrons. The highest BCUT2D eigenvalue weighted by atomic mass is 19.1. The van der Waals surface area contributed by atoms with E-state index in [-0.39, 0.29) is 17.3 Å². The fourth-order valence-electron chi connectivity index (χ4n) is 4.52. The van der Waals surface area contributed by atoms with Gasteiger partial charge in [-0.05, 0) is 69.5 Å². The van der Waals surface area contributed by atoms with E-state index in [9.17, 15) is 14.0 Å². The molecule has 174 valence electrons. The van der Waals surface area contributed by atoms with Crippen LogP contribution in [-0.4, -0.2) is 51.3 Å². The highest BCUT2D eigenvalue weighted by Crippen LogP contribution is 2.22. The van der Waals surface area contributed by atoms with Crippen molar-refractivity contribution in [1.82, 2.24) is 19.6 Å². The van der Waals surface area contributed by atoms with Crippen molar-refractivity contribution in [2.75, 3.05) is 18.4 Å². The average Bonchev–Trinajstić information content (AvgIpc) is 3.20. The highest BCUT2D eigenvalue weighted by molar-refractivity contribution is 6.04. The number of carbonyl (C=O) groups is 2. The van der Waals surface area contributed by atoms with Gasteiger partial charge >= 0.3 is 0 Å². The first-order valence-electron chi connectivity index (χ1n) is 11.4. The predicted molar refractivity (Wildman–Crippen MR) is 126 cm³/mol. The molecule has 0 saturated carbocycles. The number of rotatable bonds is 6. The standard InChI is InChI=1S/C25H30FN5O2/c1-16-9-11-31-22(15-28-23(31)13-16)25(33)29-21-14-19(7-8-20(21)26)24(32)27-10-12-30-17(2)5-4-6-18(30)3/h7-9,11,13-15,17-18H,4-6,10,12H2,1-3H3,(H,27,32)(H,29,33)/t17-,18+. The third-order valence-corrected chi connectivity index (χ3v) is 6.41. The molecule has 33 heavy (non-hydrogen) atoms. The number of hydrogen-bond donors (Lipinski definition) is 2. The lowest BCUT2D eigenvalue weighted by Crippen LogP contribution is -2.47. The summed E-state index contributed by atoms with van der Waals surface area (Å²) in [7, 11) is 0. The van der Waals surface area contributed by atoms with Gasteiger partial charge in [-0.3, -0.25) is 18.9 Å². The van der Waals surface area contributed by atoms with Gasteiger partial charge in [0.2, 0.25) is 0 Å². The first-order valence-corrected chi connectivity index (χ1v) is 11.4. The van der Waals surface area contributed by atoms with E-state index in [2.05, 4.69) is 34.4 Å². The molecule has 2 atom stereocenters. The van der Waals surface area contributed by atoms with Crippen molar-refractivity contribution in [3.8, 4) is 0 Å². The minimum Gasteiger partial charge on any atom is -0.351 e. The van der Waals surface area contributed by atoms with Crippen molar-refractivity contribution < 1.29 is 14.0 Å². The summed E-state index contributed by atoms with van der Waals surface area (Å²) in [6.45, 7) is 7.66. The van der Waals surface area contributed by atoms with Gasteiger partial charge in [0.1, 0.15) is 17.2 Å². The lowest BCUT2D eigenvalue weighted by atomic mass is 9.98. The number of hydrogen-bond acceptors (Lipinski definition) is 4. The summed E-state index contributed by atoms with van der Waals surface area (Å²) in [5.74, 6) is -1.41. The van der Waals surface area contributed by atoms with Crippen LogP contribution in [0, 0.1) is 12.7 Å². The molecule has 1 aliphatic heterocycles. The lowest BCUT2D eigenvalue weighted by molar-refractivity contribution is 0.0888. The molecule has 0 aliphatic carbocycles. The Morgan fingerprint density at radius 3 is 2.64 bits per heavy atom. The van der Waals surface area contributed by atoms with E-state index in [1.54, 1.807) is 10.6 Å². The van der Waals surface area contributed by atoms with Gasteiger partial charge in [-0.2, -0.15) is 0 Å². The number of piperidine rings is 1. The number of pyridine rings is 1. The summed E-state index contributed by atoms with van der Waals surface area (Å²) in [4.78, 5) is 32.1. The average molecular weight is 452 g/mol. The number of carbonyl (C=O) groups excluding carboxylic acids is 2. The number of anilines is 1. The number of aromatic nitrogens is 2. The molecule has 0 spiro atoms. The van der Waals surface area contributed by atoms with Crippen LogP contribution in [0.25, 0.3) is 5.65 Å². The number of amides is 2. The number of fused-ring (bicyclic) bond motifs is 1. The second kappa shape index (κ2) is 9.70. The largest absolute Gasteiger partial charge is 0.351 e. The van der Waals surface area contributed by atoms with Crippen LogP contribution in [0.15, 0.2) is 42.7 Å². The minimum absolute atomic E-state index is 0.0482. The molecule has 0 bridgehead atoms. The number of nitrogens with zero attached hydrogens (tertiary/aromatic N) is 3. The van der Waals surface area contributed by atoms with E-state index in [0.717, 1.165) is 12.1 Å². The Morgan fingerprint density at radius 1 is 1.12 bits per heavy atom. The van der Waals surface area contributed by atoms with Gasteiger partial charge in [0.25, 0.3) is 11.8 Å². The molecular weight excluding hydrogens is 421 g/mol.